The number of carbonyl (C=O) groups excluding carboxylic acids is 2. The molecule has 0 saturated carbocycles. The third-order valence-corrected chi connectivity index (χ3v) is 4.04. The van der Waals surface area contributed by atoms with Gasteiger partial charge in [-0.2, -0.15) is 0 Å². The molecule has 6 nitrogen and oxygen atoms in total. The van der Waals surface area contributed by atoms with Gasteiger partial charge in [-0.3, -0.25) is 9.59 Å². The molecule has 0 saturated heterocycles. The normalized spacial score (nSPS) is 11.8. The predicted molar refractivity (Wildman–Crippen MR) is 96.7 cm³/mol. The molecule has 0 radical (unpaired) electrons. The Kier molecular flexibility index (Phi) is 5.78. The van der Waals surface area contributed by atoms with Crippen LogP contribution in [0.1, 0.15) is 23.9 Å². The van der Waals surface area contributed by atoms with Gasteiger partial charge in [-0.15, -0.1) is 0 Å². The van der Waals surface area contributed by atoms with Crippen LogP contribution in [0, 0.1) is 11.6 Å². The second-order valence-electron chi connectivity index (χ2n) is 6.06. The molecule has 28 heavy (non-hydrogen) atoms. The summed E-state index contributed by atoms with van der Waals surface area (Å²) in [6.07, 6.45) is 1.43. The number of hydrogen-bond acceptors (Lipinski definition) is 4. The number of halogens is 2. The number of nitrogens with two attached hydrogens (primary N) is 1. The summed E-state index contributed by atoms with van der Waals surface area (Å²) in [6.45, 7) is 0. The number of oxazole rings is 1. The highest BCUT2D eigenvalue weighted by Gasteiger charge is 2.20. The Bertz CT molecular complexity index is 989. The molecule has 1 heterocycles. The number of primary amides is 1. The highest BCUT2D eigenvalue weighted by Crippen LogP contribution is 2.24. The molecule has 3 N–H and O–H groups in total. The van der Waals surface area contributed by atoms with E-state index in [4.69, 9.17) is 10.2 Å². The highest BCUT2D eigenvalue weighted by molar-refractivity contribution is 5.87. The largest absolute Gasteiger partial charge is 0.441 e. The van der Waals surface area contributed by atoms with Gasteiger partial charge in [-0.25, -0.2) is 13.8 Å². The minimum atomic E-state index is -0.942. The highest BCUT2D eigenvalue weighted by atomic mass is 19.1. The van der Waals surface area contributed by atoms with Gasteiger partial charge in [0.2, 0.25) is 11.8 Å². The molecule has 0 spiro atoms. The molecule has 144 valence electrons. The van der Waals surface area contributed by atoms with Crippen molar-refractivity contribution in [2.24, 2.45) is 5.73 Å². The zero-order chi connectivity index (χ0) is 20.1. The van der Waals surface area contributed by atoms with Crippen LogP contribution in [0.5, 0.6) is 0 Å². The number of benzene rings is 2. The van der Waals surface area contributed by atoms with Gasteiger partial charge < -0.3 is 15.5 Å². The van der Waals surface area contributed by atoms with E-state index in [9.17, 15) is 18.4 Å². The fourth-order valence-electron chi connectivity index (χ4n) is 2.66. The smallest absolute Gasteiger partial charge is 0.244 e. The molecule has 3 aromatic rings. The standard InChI is InChI=1S/C20H17F2N3O3/c21-13-6-7-14(15(22)10-13)16-11-24-18(28-16)9-8-17(26)25-19(20(23)27)12-4-2-1-3-5-12/h1-7,10-11,19H,8-9H2,(H2,23,27)(H,25,26). The average Bonchev–Trinajstić information content (AvgIpc) is 3.13. The summed E-state index contributed by atoms with van der Waals surface area (Å²) in [4.78, 5) is 27.8. The maximum absolute atomic E-state index is 13.8. The molecular formula is C20H17F2N3O3. The fourth-order valence-corrected chi connectivity index (χ4v) is 2.66. The molecule has 3 rings (SSSR count). The van der Waals surface area contributed by atoms with Gasteiger partial charge in [0.25, 0.3) is 0 Å². The second kappa shape index (κ2) is 8.43. The van der Waals surface area contributed by atoms with E-state index in [0.717, 1.165) is 12.1 Å². The molecule has 0 fully saturated rings. The quantitative estimate of drug-likeness (QED) is 0.653. The van der Waals surface area contributed by atoms with Gasteiger partial charge in [0.1, 0.15) is 17.7 Å². The van der Waals surface area contributed by atoms with Gasteiger partial charge in [0, 0.05) is 18.9 Å². The maximum Gasteiger partial charge on any atom is 0.244 e. The number of nitrogens with one attached hydrogen (secondary N) is 1. The van der Waals surface area contributed by atoms with Gasteiger partial charge in [0.05, 0.1) is 11.8 Å². The zero-order valence-corrected chi connectivity index (χ0v) is 14.7. The van der Waals surface area contributed by atoms with E-state index >= 15 is 0 Å². The van der Waals surface area contributed by atoms with Crippen LogP contribution in [0.2, 0.25) is 0 Å². The Morgan fingerprint density at radius 1 is 1.14 bits per heavy atom. The first kappa shape index (κ1) is 19.2. The van der Waals surface area contributed by atoms with Crippen LogP contribution in [0.15, 0.2) is 59.1 Å². The third kappa shape index (κ3) is 4.59. The molecule has 8 heteroatoms. The molecule has 1 aromatic heterocycles. The lowest BCUT2D eigenvalue weighted by Gasteiger charge is -2.15. The van der Waals surface area contributed by atoms with Crippen molar-refractivity contribution >= 4 is 11.8 Å². The van der Waals surface area contributed by atoms with E-state index in [1.807, 2.05) is 0 Å². The van der Waals surface area contributed by atoms with Crippen LogP contribution >= 0.6 is 0 Å². The average molecular weight is 385 g/mol. The van der Waals surface area contributed by atoms with Crippen molar-refractivity contribution in [1.82, 2.24) is 10.3 Å². The number of rotatable bonds is 7. The van der Waals surface area contributed by atoms with Gasteiger partial charge in [0.15, 0.2) is 11.7 Å². The summed E-state index contributed by atoms with van der Waals surface area (Å²) in [7, 11) is 0. The molecule has 0 aliphatic rings. The molecule has 2 aromatic carbocycles. The van der Waals surface area contributed by atoms with E-state index in [1.165, 1.54) is 12.3 Å². The Morgan fingerprint density at radius 3 is 2.57 bits per heavy atom. The number of carbonyl (C=O) groups is 2. The lowest BCUT2D eigenvalue weighted by atomic mass is 10.1. The summed E-state index contributed by atoms with van der Waals surface area (Å²) in [5.74, 6) is -2.21. The maximum atomic E-state index is 13.8. The van der Waals surface area contributed by atoms with Crippen molar-refractivity contribution in [3.05, 3.63) is 77.8 Å². The summed E-state index contributed by atoms with van der Waals surface area (Å²) in [5.41, 5.74) is 6.02. The van der Waals surface area contributed by atoms with Crippen molar-refractivity contribution in [1.29, 1.82) is 0 Å². The molecule has 0 aliphatic heterocycles. The van der Waals surface area contributed by atoms with Crippen molar-refractivity contribution in [3.63, 3.8) is 0 Å². The summed E-state index contributed by atoms with van der Waals surface area (Å²) in [5, 5.41) is 2.57. The Labute approximate surface area is 159 Å². The molecule has 1 atom stereocenters. The molecule has 0 aliphatic carbocycles. The second-order valence-corrected chi connectivity index (χ2v) is 6.06. The first-order chi connectivity index (χ1) is 13.4. The van der Waals surface area contributed by atoms with Crippen LogP contribution in [-0.2, 0) is 16.0 Å². The van der Waals surface area contributed by atoms with Crippen LogP contribution in [0.25, 0.3) is 11.3 Å². The fraction of sp³-hybridized carbons (Fsp3) is 0.150. The van der Waals surface area contributed by atoms with Gasteiger partial charge in [-0.1, -0.05) is 30.3 Å². The molecule has 0 bridgehead atoms. The minimum Gasteiger partial charge on any atom is -0.441 e. The minimum absolute atomic E-state index is 0.0114. The summed E-state index contributed by atoms with van der Waals surface area (Å²) < 4.78 is 32.2. The van der Waals surface area contributed by atoms with Crippen molar-refractivity contribution in [2.45, 2.75) is 18.9 Å². The van der Waals surface area contributed by atoms with Crippen LogP contribution < -0.4 is 11.1 Å². The van der Waals surface area contributed by atoms with E-state index in [2.05, 4.69) is 10.3 Å². The van der Waals surface area contributed by atoms with E-state index < -0.39 is 29.5 Å². The van der Waals surface area contributed by atoms with Crippen LogP contribution in [-0.4, -0.2) is 16.8 Å². The summed E-state index contributed by atoms with van der Waals surface area (Å²) >= 11 is 0. The Balaban J connectivity index is 1.62. The number of hydrogen-bond donors (Lipinski definition) is 2. The zero-order valence-electron chi connectivity index (χ0n) is 14.7. The van der Waals surface area contributed by atoms with E-state index in [-0.39, 0.29) is 30.1 Å². The van der Waals surface area contributed by atoms with Gasteiger partial charge >= 0.3 is 0 Å². The van der Waals surface area contributed by atoms with Crippen LogP contribution in [0.3, 0.4) is 0 Å². The lowest BCUT2D eigenvalue weighted by molar-refractivity contribution is -0.127. The van der Waals surface area contributed by atoms with Crippen molar-refractivity contribution in [3.8, 4) is 11.3 Å². The first-order valence-electron chi connectivity index (χ1n) is 8.48. The first-order valence-corrected chi connectivity index (χ1v) is 8.48. The van der Waals surface area contributed by atoms with Crippen molar-refractivity contribution in [2.75, 3.05) is 0 Å². The number of aryl methyl sites for hydroxylation is 1. The Morgan fingerprint density at radius 2 is 1.89 bits per heavy atom. The summed E-state index contributed by atoms with van der Waals surface area (Å²) in [6, 6.07) is 10.8. The monoisotopic (exact) mass is 385 g/mol. The van der Waals surface area contributed by atoms with Crippen molar-refractivity contribution < 1.29 is 22.8 Å². The Hall–Kier alpha value is -3.55. The molecular weight excluding hydrogens is 368 g/mol. The number of nitrogens with zero attached hydrogens (tertiary/aromatic N) is 1. The SMILES string of the molecule is NC(=O)C(NC(=O)CCc1ncc(-c2ccc(F)cc2F)o1)c1ccccc1. The molecule has 2 amide bonds. The van der Waals surface area contributed by atoms with Crippen LogP contribution in [0.4, 0.5) is 8.78 Å². The molecule has 1 unspecified atom stereocenters. The third-order valence-electron chi connectivity index (χ3n) is 4.04. The topological polar surface area (TPSA) is 98.2 Å². The number of amides is 2. The van der Waals surface area contributed by atoms with E-state index in [1.54, 1.807) is 30.3 Å². The lowest BCUT2D eigenvalue weighted by Crippen LogP contribution is -2.37. The van der Waals surface area contributed by atoms with E-state index in [0.29, 0.717) is 5.56 Å². The number of aromatic nitrogens is 1. The predicted octanol–water partition coefficient (Wildman–Crippen LogP) is 2.90. The van der Waals surface area contributed by atoms with Gasteiger partial charge in [-0.05, 0) is 17.7 Å².